The van der Waals surface area contributed by atoms with Crippen LogP contribution in [0.5, 0.6) is 0 Å². The zero-order valence-corrected chi connectivity index (χ0v) is 13.0. The molecule has 0 aromatic carbocycles. The molecule has 0 unspecified atom stereocenters. The fourth-order valence-electron chi connectivity index (χ4n) is 3.05. The molecule has 112 valence electrons. The topological polar surface area (TPSA) is 29.1 Å². The molecular weight excluding hydrogens is 234 g/mol. The summed E-state index contributed by atoms with van der Waals surface area (Å²) in [6, 6.07) is 0.450. The number of unbranched alkanes of at least 4 members (excludes halogenated alkanes) is 6. The molecule has 0 heterocycles. The first-order valence-electron chi connectivity index (χ1n) is 8.53. The van der Waals surface area contributed by atoms with Gasteiger partial charge in [-0.25, -0.2) is 0 Å². The van der Waals surface area contributed by atoms with Gasteiger partial charge in [0.2, 0.25) is 5.91 Å². The van der Waals surface area contributed by atoms with E-state index in [1.807, 2.05) is 0 Å². The Morgan fingerprint density at radius 1 is 1.00 bits per heavy atom. The molecule has 19 heavy (non-hydrogen) atoms. The second-order valence-electron chi connectivity index (χ2n) is 6.31. The molecule has 1 fully saturated rings. The van der Waals surface area contributed by atoms with Gasteiger partial charge in [-0.05, 0) is 25.2 Å². The van der Waals surface area contributed by atoms with E-state index in [0.717, 1.165) is 12.8 Å². The van der Waals surface area contributed by atoms with Gasteiger partial charge >= 0.3 is 0 Å². The van der Waals surface area contributed by atoms with Gasteiger partial charge in [-0.2, -0.15) is 0 Å². The standard InChI is InChI=1S/C17H33NO/c1-3-4-5-6-7-8-9-14-17(19)18-16-13-11-10-12-15(16)2/h15-16H,3-14H2,1-2H3,(H,18,19)/t15-,16-/m0/s1. The monoisotopic (exact) mass is 267 g/mol. The zero-order valence-electron chi connectivity index (χ0n) is 13.0. The maximum atomic E-state index is 11.9. The third-order valence-corrected chi connectivity index (χ3v) is 4.47. The number of amides is 1. The highest BCUT2D eigenvalue weighted by molar-refractivity contribution is 5.76. The summed E-state index contributed by atoms with van der Waals surface area (Å²) < 4.78 is 0. The number of hydrogen-bond donors (Lipinski definition) is 1. The lowest BCUT2D eigenvalue weighted by molar-refractivity contribution is -0.122. The Morgan fingerprint density at radius 2 is 1.63 bits per heavy atom. The molecule has 0 radical (unpaired) electrons. The Bertz CT molecular complexity index is 239. The van der Waals surface area contributed by atoms with E-state index >= 15 is 0 Å². The van der Waals surface area contributed by atoms with E-state index in [2.05, 4.69) is 19.2 Å². The molecule has 1 saturated carbocycles. The van der Waals surface area contributed by atoms with Gasteiger partial charge in [0.15, 0.2) is 0 Å². The fourth-order valence-corrected chi connectivity index (χ4v) is 3.05. The number of carbonyl (C=O) groups excluding carboxylic acids is 1. The van der Waals surface area contributed by atoms with Crippen molar-refractivity contribution in [2.75, 3.05) is 0 Å². The molecule has 1 aliphatic carbocycles. The van der Waals surface area contributed by atoms with Crippen LogP contribution in [0.1, 0.15) is 90.9 Å². The Balaban J connectivity index is 1.98. The fraction of sp³-hybridized carbons (Fsp3) is 0.941. The van der Waals surface area contributed by atoms with E-state index in [4.69, 9.17) is 0 Å². The predicted octanol–water partition coefficient (Wildman–Crippen LogP) is 4.82. The first kappa shape index (κ1) is 16.5. The summed E-state index contributed by atoms with van der Waals surface area (Å²) in [5.74, 6) is 0.957. The molecule has 0 aliphatic heterocycles. The maximum absolute atomic E-state index is 11.9. The van der Waals surface area contributed by atoms with Crippen LogP contribution in [0.4, 0.5) is 0 Å². The predicted molar refractivity (Wildman–Crippen MR) is 82.2 cm³/mol. The molecule has 0 aromatic rings. The summed E-state index contributed by atoms with van der Waals surface area (Å²) in [4.78, 5) is 11.9. The van der Waals surface area contributed by atoms with E-state index in [1.165, 1.54) is 64.2 Å². The summed E-state index contributed by atoms with van der Waals surface area (Å²) in [6.07, 6.45) is 14.8. The van der Waals surface area contributed by atoms with Crippen LogP contribution in [0.25, 0.3) is 0 Å². The van der Waals surface area contributed by atoms with E-state index in [-0.39, 0.29) is 5.91 Å². The van der Waals surface area contributed by atoms with Crippen molar-refractivity contribution < 1.29 is 4.79 Å². The molecule has 0 aromatic heterocycles. The summed E-state index contributed by atoms with van der Waals surface area (Å²) in [6.45, 7) is 4.52. The highest BCUT2D eigenvalue weighted by Gasteiger charge is 2.22. The van der Waals surface area contributed by atoms with E-state index in [0.29, 0.717) is 12.0 Å². The second kappa shape index (κ2) is 10.3. The molecule has 2 atom stereocenters. The number of nitrogens with one attached hydrogen (secondary N) is 1. The van der Waals surface area contributed by atoms with Gasteiger partial charge in [0.1, 0.15) is 0 Å². The van der Waals surface area contributed by atoms with Crippen LogP contribution in [0.15, 0.2) is 0 Å². The van der Waals surface area contributed by atoms with Gasteiger partial charge in [-0.1, -0.05) is 65.2 Å². The summed E-state index contributed by atoms with van der Waals surface area (Å²) in [5.41, 5.74) is 0. The number of rotatable bonds is 9. The van der Waals surface area contributed by atoms with E-state index in [1.54, 1.807) is 0 Å². The molecule has 2 heteroatoms. The molecule has 2 nitrogen and oxygen atoms in total. The number of hydrogen-bond acceptors (Lipinski definition) is 1. The molecule has 1 N–H and O–H groups in total. The average molecular weight is 267 g/mol. The Morgan fingerprint density at radius 3 is 2.32 bits per heavy atom. The van der Waals surface area contributed by atoms with Crippen molar-refractivity contribution in [1.82, 2.24) is 5.32 Å². The van der Waals surface area contributed by atoms with Crippen LogP contribution in [0, 0.1) is 5.92 Å². The lowest BCUT2D eigenvalue weighted by Gasteiger charge is -2.29. The molecular formula is C17H33NO. The second-order valence-corrected chi connectivity index (χ2v) is 6.31. The summed E-state index contributed by atoms with van der Waals surface area (Å²) in [7, 11) is 0. The quantitative estimate of drug-likeness (QED) is 0.596. The van der Waals surface area contributed by atoms with Crippen LogP contribution in [-0.2, 0) is 4.79 Å². The van der Waals surface area contributed by atoms with Crippen molar-refractivity contribution >= 4 is 5.91 Å². The molecule has 0 bridgehead atoms. The first-order valence-corrected chi connectivity index (χ1v) is 8.53. The van der Waals surface area contributed by atoms with Crippen LogP contribution in [0.3, 0.4) is 0 Å². The van der Waals surface area contributed by atoms with Gasteiger partial charge in [-0.3, -0.25) is 4.79 Å². The van der Waals surface area contributed by atoms with Crippen LogP contribution in [0.2, 0.25) is 0 Å². The minimum Gasteiger partial charge on any atom is -0.353 e. The minimum atomic E-state index is 0.285. The molecule has 1 aliphatic rings. The maximum Gasteiger partial charge on any atom is 0.220 e. The summed E-state index contributed by atoms with van der Waals surface area (Å²) >= 11 is 0. The Kier molecular flexibility index (Phi) is 8.94. The Hall–Kier alpha value is -0.530. The molecule has 1 rings (SSSR count). The number of carbonyl (C=O) groups is 1. The minimum absolute atomic E-state index is 0.285. The molecule has 0 spiro atoms. The van der Waals surface area contributed by atoms with E-state index < -0.39 is 0 Å². The van der Waals surface area contributed by atoms with Crippen LogP contribution in [-0.4, -0.2) is 11.9 Å². The lowest BCUT2D eigenvalue weighted by atomic mass is 9.86. The average Bonchev–Trinajstić information content (AvgIpc) is 2.40. The zero-order chi connectivity index (χ0) is 13.9. The van der Waals surface area contributed by atoms with Crippen LogP contribution < -0.4 is 5.32 Å². The van der Waals surface area contributed by atoms with Crippen molar-refractivity contribution in [2.24, 2.45) is 5.92 Å². The van der Waals surface area contributed by atoms with E-state index in [9.17, 15) is 4.79 Å². The normalized spacial score (nSPS) is 23.3. The molecule has 1 amide bonds. The van der Waals surface area contributed by atoms with Gasteiger partial charge in [0, 0.05) is 12.5 Å². The van der Waals surface area contributed by atoms with Crippen molar-refractivity contribution in [3.05, 3.63) is 0 Å². The van der Waals surface area contributed by atoms with Gasteiger partial charge in [-0.15, -0.1) is 0 Å². The van der Waals surface area contributed by atoms with Crippen molar-refractivity contribution in [3.8, 4) is 0 Å². The lowest BCUT2D eigenvalue weighted by Crippen LogP contribution is -2.40. The first-order chi connectivity index (χ1) is 9.24. The summed E-state index contributed by atoms with van der Waals surface area (Å²) in [5, 5.41) is 3.24. The van der Waals surface area contributed by atoms with Crippen molar-refractivity contribution in [1.29, 1.82) is 0 Å². The third kappa shape index (κ3) is 7.59. The Labute approximate surface area is 119 Å². The smallest absolute Gasteiger partial charge is 0.220 e. The van der Waals surface area contributed by atoms with Gasteiger partial charge in [0.25, 0.3) is 0 Å². The van der Waals surface area contributed by atoms with Gasteiger partial charge < -0.3 is 5.32 Å². The van der Waals surface area contributed by atoms with Crippen molar-refractivity contribution in [3.63, 3.8) is 0 Å². The highest BCUT2D eigenvalue weighted by atomic mass is 16.1. The third-order valence-electron chi connectivity index (χ3n) is 4.47. The largest absolute Gasteiger partial charge is 0.353 e. The highest BCUT2D eigenvalue weighted by Crippen LogP contribution is 2.23. The van der Waals surface area contributed by atoms with Crippen molar-refractivity contribution in [2.45, 2.75) is 96.9 Å². The molecule has 0 saturated heterocycles. The SMILES string of the molecule is CCCCCCCCCC(=O)N[C@H]1CCCC[C@@H]1C. The van der Waals surface area contributed by atoms with Crippen LogP contribution >= 0.6 is 0 Å². The van der Waals surface area contributed by atoms with Gasteiger partial charge in [0.05, 0.1) is 0 Å².